The van der Waals surface area contributed by atoms with Gasteiger partial charge in [0.25, 0.3) is 4.87 Å². The van der Waals surface area contributed by atoms with Gasteiger partial charge in [-0.1, -0.05) is 0 Å². The molecule has 0 aromatic heterocycles. The van der Waals surface area contributed by atoms with Crippen LogP contribution >= 0.6 is 0 Å². The molecule has 0 spiro atoms. The van der Waals surface area contributed by atoms with Gasteiger partial charge < -0.3 is 5.21 Å². The lowest BCUT2D eigenvalue weighted by Gasteiger charge is -2.20. The highest BCUT2D eigenvalue weighted by Crippen LogP contribution is 2.26. The van der Waals surface area contributed by atoms with Crippen LogP contribution in [0.25, 0.3) is 0 Å². The topological polar surface area (TPSA) is 60.2 Å². The van der Waals surface area contributed by atoms with E-state index in [1.54, 1.807) is 0 Å². The molecule has 0 fully saturated rings. The minimum atomic E-state index is -3.27. The molecule has 0 N–H and O–H groups in total. The zero-order valence-corrected chi connectivity index (χ0v) is 7.39. The Morgan fingerprint density at radius 3 is 2.36 bits per heavy atom. The van der Waals surface area contributed by atoms with Gasteiger partial charge in [0.1, 0.15) is 0 Å². The summed E-state index contributed by atoms with van der Waals surface area (Å²) in [5.74, 6) is 0. The van der Waals surface area contributed by atoms with Gasteiger partial charge in [-0.15, -0.1) is 0 Å². The second-order valence-electron chi connectivity index (χ2n) is 2.99. The normalized spacial score (nSPS) is 32.0. The first-order valence-electron chi connectivity index (χ1n) is 3.37. The highest BCUT2D eigenvalue weighted by Gasteiger charge is 2.46. The number of hydrogen-bond donors (Lipinski definition) is 0. The summed E-state index contributed by atoms with van der Waals surface area (Å²) in [6.07, 6.45) is 3.42. The average Bonchev–Trinajstić information content (AvgIpc) is 2.12. The van der Waals surface area contributed by atoms with Crippen molar-refractivity contribution >= 4 is 16.1 Å². The Balaban J connectivity index is 3.13. The van der Waals surface area contributed by atoms with E-state index in [2.05, 4.69) is 0 Å². The largest absolute Gasteiger partial charge is 0.623 e. The maximum Gasteiger partial charge on any atom is 0.268 e. The molecule has 4 nitrogen and oxygen atoms in total. The van der Waals surface area contributed by atoms with E-state index in [1.165, 1.54) is 13.1 Å². The molecule has 64 valence electrons. The van der Waals surface area contributed by atoms with E-state index in [-0.39, 0.29) is 0 Å². The smallest absolute Gasteiger partial charge is 0.268 e. The van der Waals surface area contributed by atoms with Crippen molar-refractivity contribution in [3.05, 3.63) is 5.21 Å². The highest BCUT2D eigenvalue weighted by molar-refractivity contribution is 7.91. The first-order valence-corrected chi connectivity index (χ1v) is 5.26. The molecule has 1 atom stereocenters. The second kappa shape index (κ2) is 2.20. The number of hydrogen-bond acceptors (Lipinski definition) is 3. The molecule has 0 saturated carbocycles. The van der Waals surface area contributed by atoms with Crippen LogP contribution in [0.1, 0.15) is 19.8 Å². The molecule has 11 heavy (non-hydrogen) atoms. The summed E-state index contributed by atoms with van der Waals surface area (Å²) < 4.78 is 22.8. The molecule has 1 heterocycles. The van der Waals surface area contributed by atoms with Gasteiger partial charge in [0.05, 0.1) is 0 Å². The standard InChI is InChI=1S/C6H11NO3S/c1-6(11(2,9)10)4-3-5-7(6)8/h5H,3-4H2,1-2H3. The van der Waals surface area contributed by atoms with Crippen molar-refractivity contribution < 1.29 is 13.2 Å². The highest BCUT2D eigenvalue weighted by atomic mass is 32.2. The molecule has 0 amide bonds. The molecule has 1 aliphatic heterocycles. The van der Waals surface area contributed by atoms with Crippen molar-refractivity contribution in [2.45, 2.75) is 24.6 Å². The van der Waals surface area contributed by atoms with Gasteiger partial charge in [-0.3, -0.25) is 0 Å². The van der Waals surface area contributed by atoms with Crippen LogP contribution in [-0.2, 0) is 9.84 Å². The number of nitrogens with zero attached hydrogens (tertiary/aromatic N) is 1. The van der Waals surface area contributed by atoms with Crippen molar-refractivity contribution in [2.75, 3.05) is 6.26 Å². The summed E-state index contributed by atoms with van der Waals surface area (Å²) in [6.45, 7) is 1.46. The Kier molecular flexibility index (Phi) is 1.70. The molecular weight excluding hydrogens is 166 g/mol. The molecule has 0 radical (unpaired) electrons. The third-order valence-corrected chi connectivity index (χ3v) is 4.15. The Morgan fingerprint density at radius 2 is 2.18 bits per heavy atom. The van der Waals surface area contributed by atoms with Crippen LogP contribution in [0.5, 0.6) is 0 Å². The summed E-state index contributed by atoms with van der Waals surface area (Å²) in [6, 6.07) is 0. The van der Waals surface area contributed by atoms with E-state index < -0.39 is 14.7 Å². The minimum absolute atomic E-state index is 0.398. The fourth-order valence-electron chi connectivity index (χ4n) is 1.10. The molecule has 0 saturated heterocycles. The molecule has 1 unspecified atom stereocenters. The van der Waals surface area contributed by atoms with Crippen LogP contribution in [0.2, 0.25) is 0 Å². The summed E-state index contributed by atoms with van der Waals surface area (Å²) in [5.41, 5.74) is 0. The fraction of sp³-hybridized carbons (Fsp3) is 0.833. The zero-order chi connectivity index (χ0) is 8.70. The van der Waals surface area contributed by atoms with Gasteiger partial charge in [-0.05, 0) is 0 Å². The van der Waals surface area contributed by atoms with Gasteiger partial charge in [-0.2, -0.15) is 4.74 Å². The molecule has 0 bridgehead atoms. The van der Waals surface area contributed by atoms with Crippen molar-refractivity contribution in [1.82, 2.24) is 0 Å². The van der Waals surface area contributed by atoms with Crippen molar-refractivity contribution in [3.63, 3.8) is 0 Å². The lowest BCUT2D eigenvalue weighted by atomic mass is 10.2. The number of rotatable bonds is 1. The van der Waals surface area contributed by atoms with Gasteiger partial charge in [0.15, 0.2) is 6.21 Å². The Bertz CT molecular complexity index is 293. The van der Waals surface area contributed by atoms with Crippen molar-refractivity contribution in [3.8, 4) is 0 Å². The predicted octanol–water partition coefficient (Wildman–Crippen LogP) is 0.122. The van der Waals surface area contributed by atoms with Crippen LogP contribution < -0.4 is 0 Å². The minimum Gasteiger partial charge on any atom is -0.623 e. The van der Waals surface area contributed by atoms with Gasteiger partial charge in [0.2, 0.25) is 9.84 Å². The SMILES string of the molecule is CC1(S(C)(=O)=O)CCC=[N+]1[O-]. The van der Waals surface area contributed by atoms with E-state index in [9.17, 15) is 13.6 Å². The van der Waals surface area contributed by atoms with Gasteiger partial charge in [0, 0.05) is 26.0 Å². The second-order valence-corrected chi connectivity index (χ2v) is 5.42. The first-order chi connectivity index (χ1) is 4.88. The Morgan fingerprint density at radius 1 is 1.64 bits per heavy atom. The fourth-order valence-corrected chi connectivity index (χ4v) is 1.99. The molecular formula is C6H11NO3S. The maximum atomic E-state index is 11.1. The van der Waals surface area contributed by atoms with Crippen LogP contribution in [0, 0.1) is 5.21 Å². The lowest BCUT2D eigenvalue weighted by molar-refractivity contribution is -0.501. The van der Waals surface area contributed by atoms with E-state index in [0.29, 0.717) is 17.6 Å². The average molecular weight is 177 g/mol. The first kappa shape index (κ1) is 8.52. The van der Waals surface area contributed by atoms with Crippen LogP contribution in [-0.4, -0.2) is 30.5 Å². The third-order valence-electron chi connectivity index (χ3n) is 2.17. The predicted molar refractivity (Wildman–Crippen MR) is 42.2 cm³/mol. The summed E-state index contributed by atoms with van der Waals surface area (Å²) in [5, 5.41) is 11.0. The third kappa shape index (κ3) is 1.13. The monoisotopic (exact) mass is 177 g/mol. The molecule has 5 heteroatoms. The van der Waals surface area contributed by atoms with E-state index in [1.807, 2.05) is 0 Å². The molecule has 0 aromatic rings. The Labute approximate surface area is 66.0 Å². The number of sulfone groups is 1. The summed E-state index contributed by atoms with van der Waals surface area (Å²) in [4.78, 5) is -1.22. The molecule has 1 rings (SSSR count). The van der Waals surface area contributed by atoms with E-state index >= 15 is 0 Å². The van der Waals surface area contributed by atoms with Crippen LogP contribution in [0.3, 0.4) is 0 Å². The summed E-state index contributed by atoms with van der Waals surface area (Å²) in [7, 11) is -3.27. The summed E-state index contributed by atoms with van der Waals surface area (Å²) >= 11 is 0. The van der Waals surface area contributed by atoms with E-state index in [4.69, 9.17) is 0 Å². The molecule has 0 aromatic carbocycles. The van der Waals surface area contributed by atoms with Crippen LogP contribution in [0.15, 0.2) is 0 Å². The quantitative estimate of drug-likeness (QED) is 0.422. The van der Waals surface area contributed by atoms with Crippen molar-refractivity contribution in [1.29, 1.82) is 0 Å². The zero-order valence-electron chi connectivity index (χ0n) is 6.57. The van der Waals surface area contributed by atoms with Gasteiger partial charge in [-0.25, -0.2) is 8.42 Å². The maximum absolute atomic E-state index is 11.1. The Hall–Kier alpha value is -0.580. The lowest BCUT2D eigenvalue weighted by Crippen LogP contribution is -2.40. The molecule has 0 aliphatic carbocycles. The van der Waals surface area contributed by atoms with E-state index in [0.717, 1.165) is 6.26 Å². The van der Waals surface area contributed by atoms with Crippen LogP contribution in [0.4, 0.5) is 0 Å². The van der Waals surface area contributed by atoms with Crippen molar-refractivity contribution in [2.24, 2.45) is 0 Å². The molecule has 1 aliphatic rings. The van der Waals surface area contributed by atoms with Gasteiger partial charge >= 0.3 is 0 Å². The number of hydroxylamine groups is 1.